The van der Waals surface area contributed by atoms with Gasteiger partial charge in [0.15, 0.2) is 5.03 Å². The Morgan fingerprint density at radius 2 is 2.29 bits per heavy atom. The Bertz CT molecular complexity index is 496. The Morgan fingerprint density at radius 1 is 1.53 bits per heavy atom. The van der Waals surface area contributed by atoms with E-state index in [1.165, 1.54) is 12.5 Å². The molecule has 7 nitrogen and oxygen atoms in total. The van der Waals surface area contributed by atoms with Crippen LogP contribution < -0.4 is 4.72 Å². The molecule has 0 aliphatic heterocycles. The van der Waals surface area contributed by atoms with Crippen LogP contribution >= 0.6 is 0 Å². The van der Waals surface area contributed by atoms with Gasteiger partial charge in [0.05, 0.1) is 18.4 Å². The number of rotatable bonds is 4. The van der Waals surface area contributed by atoms with Crippen LogP contribution in [0.4, 0.5) is 0 Å². The first-order chi connectivity index (χ1) is 7.99. The highest BCUT2D eigenvalue weighted by Gasteiger charge is 2.32. The molecule has 0 saturated heterocycles. The molecule has 1 aromatic heterocycles. The van der Waals surface area contributed by atoms with Gasteiger partial charge in [-0.15, -0.1) is 0 Å². The number of aliphatic carboxylic acids is 1. The fourth-order valence-electron chi connectivity index (χ4n) is 1.99. The monoisotopic (exact) mass is 259 g/mol. The van der Waals surface area contributed by atoms with Crippen LogP contribution in [0.15, 0.2) is 17.6 Å². The lowest BCUT2D eigenvalue weighted by Gasteiger charge is -2.11. The van der Waals surface area contributed by atoms with Crippen molar-refractivity contribution in [3.63, 3.8) is 0 Å². The fourth-order valence-corrected chi connectivity index (χ4v) is 3.17. The Labute approximate surface area is 98.3 Å². The second-order valence-corrected chi connectivity index (χ2v) is 5.76. The van der Waals surface area contributed by atoms with Crippen molar-refractivity contribution in [1.82, 2.24) is 14.7 Å². The lowest BCUT2D eigenvalue weighted by Crippen LogP contribution is -2.33. The van der Waals surface area contributed by atoms with E-state index in [-0.39, 0.29) is 11.1 Å². The van der Waals surface area contributed by atoms with Crippen LogP contribution in [0.2, 0.25) is 0 Å². The standard InChI is InChI=1S/C9H13N3O4S/c13-9(14)6-1-2-7(3-6)12-17(15,16)8-4-10-5-11-8/h4-7,12H,1-3H2,(H,10,11)(H,13,14)/t6-,7+/m1/s1. The number of imidazole rings is 1. The average molecular weight is 259 g/mol. The van der Waals surface area contributed by atoms with Crippen molar-refractivity contribution in [3.05, 3.63) is 12.5 Å². The zero-order chi connectivity index (χ0) is 12.5. The molecule has 2 rings (SSSR count). The maximum Gasteiger partial charge on any atom is 0.306 e. The highest BCUT2D eigenvalue weighted by Crippen LogP contribution is 2.26. The van der Waals surface area contributed by atoms with Crippen LogP contribution in [0.25, 0.3) is 0 Å². The first-order valence-corrected chi connectivity index (χ1v) is 6.71. The summed E-state index contributed by atoms with van der Waals surface area (Å²) in [5.74, 6) is -1.32. The Balaban J connectivity index is 2.01. The number of aromatic nitrogens is 2. The molecule has 0 bridgehead atoms. The van der Waals surface area contributed by atoms with Crippen molar-refractivity contribution in [2.45, 2.75) is 30.3 Å². The first kappa shape index (κ1) is 12.1. The Morgan fingerprint density at radius 3 is 2.82 bits per heavy atom. The predicted octanol–water partition coefficient (Wildman–Crippen LogP) is -0.0587. The smallest absolute Gasteiger partial charge is 0.306 e. The number of nitrogens with zero attached hydrogens (tertiary/aromatic N) is 1. The van der Waals surface area contributed by atoms with Gasteiger partial charge in [0.1, 0.15) is 0 Å². The summed E-state index contributed by atoms with van der Waals surface area (Å²) in [5.41, 5.74) is 0. The predicted molar refractivity (Wildman–Crippen MR) is 57.7 cm³/mol. The molecule has 1 aromatic rings. The second-order valence-electron chi connectivity index (χ2n) is 4.08. The molecule has 17 heavy (non-hydrogen) atoms. The minimum atomic E-state index is -3.61. The number of hydrogen-bond donors (Lipinski definition) is 3. The topological polar surface area (TPSA) is 112 Å². The number of hydrogen-bond acceptors (Lipinski definition) is 4. The Hall–Kier alpha value is -1.41. The van der Waals surface area contributed by atoms with E-state index in [9.17, 15) is 13.2 Å². The summed E-state index contributed by atoms with van der Waals surface area (Å²) < 4.78 is 26.1. The molecule has 1 heterocycles. The summed E-state index contributed by atoms with van der Waals surface area (Å²) in [4.78, 5) is 16.9. The van der Waals surface area contributed by atoms with Crippen LogP contribution in [-0.2, 0) is 14.8 Å². The number of carboxylic acids is 1. The fraction of sp³-hybridized carbons (Fsp3) is 0.556. The van der Waals surface area contributed by atoms with Crippen LogP contribution in [0.3, 0.4) is 0 Å². The third-order valence-corrected chi connectivity index (χ3v) is 4.31. The number of H-pyrrole nitrogens is 1. The molecule has 1 fully saturated rings. The molecule has 1 aliphatic carbocycles. The highest BCUT2D eigenvalue weighted by molar-refractivity contribution is 7.89. The molecular formula is C9H13N3O4S. The Kier molecular flexibility index (Phi) is 3.16. The van der Waals surface area contributed by atoms with Gasteiger partial charge in [0.25, 0.3) is 10.0 Å². The summed E-state index contributed by atoms with van der Waals surface area (Å²) in [7, 11) is -3.61. The van der Waals surface area contributed by atoms with Crippen molar-refractivity contribution in [3.8, 4) is 0 Å². The van der Waals surface area contributed by atoms with Gasteiger partial charge in [-0.1, -0.05) is 0 Å². The van der Waals surface area contributed by atoms with Gasteiger partial charge in [-0.25, -0.2) is 18.1 Å². The van der Waals surface area contributed by atoms with E-state index < -0.39 is 21.9 Å². The maximum absolute atomic E-state index is 11.8. The number of carboxylic acid groups (broad SMARTS) is 1. The third-order valence-electron chi connectivity index (χ3n) is 2.87. The molecule has 0 amide bonds. The molecule has 3 N–H and O–H groups in total. The van der Waals surface area contributed by atoms with Gasteiger partial charge >= 0.3 is 5.97 Å². The minimum Gasteiger partial charge on any atom is -0.481 e. The number of aromatic amines is 1. The van der Waals surface area contributed by atoms with Crippen LogP contribution in [0, 0.1) is 5.92 Å². The molecule has 8 heteroatoms. The molecule has 1 saturated carbocycles. The zero-order valence-electron chi connectivity index (χ0n) is 8.96. The summed E-state index contributed by atoms with van der Waals surface area (Å²) in [6, 6.07) is -0.315. The van der Waals surface area contributed by atoms with Crippen LogP contribution in [0.5, 0.6) is 0 Å². The van der Waals surface area contributed by atoms with Crippen LogP contribution in [-0.4, -0.2) is 35.5 Å². The zero-order valence-corrected chi connectivity index (χ0v) is 9.77. The van der Waals surface area contributed by atoms with Gasteiger partial charge in [0.2, 0.25) is 0 Å². The summed E-state index contributed by atoms with van der Waals surface area (Å²) in [6.07, 6.45) is 3.88. The van der Waals surface area contributed by atoms with Gasteiger partial charge in [-0.2, -0.15) is 0 Å². The van der Waals surface area contributed by atoms with E-state index in [0.717, 1.165) is 0 Å². The minimum absolute atomic E-state index is 0.00345. The van der Waals surface area contributed by atoms with E-state index in [2.05, 4.69) is 14.7 Å². The molecule has 0 spiro atoms. The van der Waals surface area contributed by atoms with Crippen molar-refractivity contribution in [1.29, 1.82) is 0 Å². The normalized spacial score (nSPS) is 24.9. The maximum atomic E-state index is 11.8. The SMILES string of the molecule is O=C(O)[C@@H]1CC[C@H](NS(=O)(=O)c2cnc[nH]2)C1. The van der Waals surface area contributed by atoms with Crippen molar-refractivity contribution in [2.24, 2.45) is 5.92 Å². The van der Waals surface area contributed by atoms with E-state index in [1.807, 2.05) is 0 Å². The molecule has 0 aromatic carbocycles. The summed E-state index contributed by atoms with van der Waals surface area (Å²) in [6.45, 7) is 0. The number of sulfonamides is 1. The summed E-state index contributed by atoms with van der Waals surface area (Å²) >= 11 is 0. The van der Waals surface area contributed by atoms with Crippen LogP contribution in [0.1, 0.15) is 19.3 Å². The van der Waals surface area contributed by atoms with Gasteiger partial charge in [-0.05, 0) is 19.3 Å². The highest BCUT2D eigenvalue weighted by atomic mass is 32.2. The van der Waals surface area contributed by atoms with Crippen molar-refractivity contribution < 1.29 is 18.3 Å². The second kappa shape index (κ2) is 4.46. The summed E-state index contributed by atoms with van der Waals surface area (Å²) in [5, 5.41) is 8.82. The van der Waals surface area contributed by atoms with Gasteiger partial charge in [-0.3, -0.25) is 4.79 Å². The molecule has 2 atom stereocenters. The average Bonchev–Trinajstić information content (AvgIpc) is 2.85. The molecule has 94 valence electrons. The molecule has 0 radical (unpaired) electrons. The third kappa shape index (κ3) is 2.64. The lowest BCUT2D eigenvalue weighted by molar-refractivity contribution is -0.141. The van der Waals surface area contributed by atoms with E-state index >= 15 is 0 Å². The quantitative estimate of drug-likeness (QED) is 0.701. The van der Waals surface area contributed by atoms with Crippen molar-refractivity contribution in [2.75, 3.05) is 0 Å². The first-order valence-electron chi connectivity index (χ1n) is 5.22. The molecule has 0 unspecified atom stereocenters. The van der Waals surface area contributed by atoms with Gasteiger partial charge in [0, 0.05) is 6.04 Å². The molecule has 1 aliphatic rings. The van der Waals surface area contributed by atoms with Crippen molar-refractivity contribution >= 4 is 16.0 Å². The van der Waals surface area contributed by atoms with E-state index in [4.69, 9.17) is 5.11 Å². The molecular weight excluding hydrogens is 246 g/mol. The number of nitrogens with one attached hydrogen (secondary N) is 2. The number of carbonyl (C=O) groups is 1. The largest absolute Gasteiger partial charge is 0.481 e. The lowest BCUT2D eigenvalue weighted by atomic mass is 10.1. The van der Waals surface area contributed by atoms with E-state index in [0.29, 0.717) is 19.3 Å². The van der Waals surface area contributed by atoms with E-state index in [1.54, 1.807) is 0 Å². The van der Waals surface area contributed by atoms with Gasteiger partial charge < -0.3 is 10.1 Å².